The molecule has 2 rings (SSSR count). The van der Waals surface area contributed by atoms with Crippen LogP contribution < -0.4 is 0 Å². The van der Waals surface area contributed by atoms with Gasteiger partial charge in [-0.05, 0) is 49.3 Å². The number of ketones is 1. The highest BCUT2D eigenvalue weighted by Gasteiger charge is 2.25. The van der Waals surface area contributed by atoms with Gasteiger partial charge in [-0.2, -0.15) is 0 Å². The van der Waals surface area contributed by atoms with Crippen molar-refractivity contribution in [3.8, 4) is 0 Å². The first-order valence-corrected chi connectivity index (χ1v) is 8.25. The van der Waals surface area contributed by atoms with E-state index in [1.54, 1.807) is 0 Å². The van der Waals surface area contributed by atoms with Gasteiger partial charge in [-0.3, -0.25) is 4.79 Å². The van der Waals surface area contributed by atoms with Gasteiger partial charge in [-0.25, -0.2) is 0 Å². The maximum atomic E-state index is 12.3. The monoisotopic (exact) mass is 322 g/mol. The van der Waals surface area contributed by atoms with Crippen molar-refractivity contribution in [1.29, 1.82) is 0 Å². The molecule has 0 saturated heterocycles. The summed E-state index contributed by atoms with van der Waals surface area (Å²) in [6, 6.07) is 8.12. The molecule has 0 heterocycles. The van der Waals surface area contributed by atoms with E-state index < -0.39 is 0 Å². The van der Waals surface area contributed by atoms with Crippen molar-refractivity contribution in [3.63, 3.8) is 0 Å². The first-order chi connectivity index (χ1) is 9.19. The summed E-state index contributed by atoms with van der Waals surface area (Å²) in [5.74, 6) is 1.63. The van der Waals surface area contributed by atoms with Crippen LogP contribution in [-0.4, -0.2) is 5.78 Å². The topological polar surface area (TPSA) is 17.1 Å². The van der Waals surface area contributed by atoms with E-state index in [0.29, 0.717) is 18.1 Å². The molecule has 0 amide bonds. The van der Waals surface area contributed by atoms with Crippen LogP contribution in [-0.2, 0) is 11.2 Å². The molecule has 0 bridgehead atoms. The zero-order valence-electron chi connectivity index (χ0n) is 11.7. The molecule has 1 aromatic carbocycles. The van der Waals surface area contributed by atoms with Gasteiger partial charge in [-0.1, -0.05) is 47.8 Å². The second kappa shape index (κ2) is 7.23. The predicted octanol–water partition coefficient (Wildman–Crippen LogP) is 5.17. The average molecular weight is 323 g/mol. The summed E-state index contributed by atoms with van der Waals surface area (Å²) in [5.41, 5.74) is 1.14. The largest absolute Gasteiger partial charge is 0.299 e. The van der Waals surface area contributed by atoms with Gasteiger partial charge in [0.2, 0.25) is 0 Å². The molecule has 2 heteroatoms. The molecule has 19 heavy (non-hydrogen) atoms. The second-order valence-electron chi connectivity index (χ2n) is 5.78. The number of hydrogen-bond donors (Lipinski definition) is 0. The highest BCUT2D eigenvalue weighted by atomic mass is 79.9. The van der Waals surface area contributed by atoms with E-state index in [-0.39, 0.29) is 0 Å². The van der Waals surface area contributed by atoms with Crippen LogP contribution in [0.2, 0.25) is 0 Å². The van der Waals surface area contributed by atoms with Crippen LogP contribution in [0.15, 0.2) is 28.7 Å². The second-order valence-corrected chi connectivity index (χ2v) is 6.69. The number of hydrogen-bond acceptors (Lipinski definition) is 1. The highest BCUT2D eigenvalue weighted by Crippen LogP contribution is 2.32. The third-order valence-electron chi connectivity index (χ3n) is 4.29. The van der Waals surface area contributed by atoms with Crippen LogP contribution in [0.5, 0.6) is 0 Å². The van der Waals surface area contributed by atoms with E-state index in [4.69, 9.17) is 0 Å². The average Bonchev–Trinajstić information content (AvgIpc) is 2.42. The number of carbonyl (C=O) groups is 1. The Morgan fingerprint density at radius 3 is 2.37 bits per heavy atom. The van der Waals surface area contributed by atoms with E-state index in [0.717, 1.165) is 28.8 Å². The Balaban J connectivity index is 1.83. The fourth-order valence-electron chi connectivity index (χ4n) is 3.13. The van der Waals surface area contributed by atoms with E-state index in [2.05, 4.69) is 22.9 Å². The Morgan fingerprint density at radius 1 is 1.16 bits per heavy atom. The Hall–Kier alpha value is -0.630. The van der Waals surface area contributed by atoms with Crippen LogP contribution in [0.1, 0.15) is 51.0 Å². The summed E-state index contributed by atoms with van der Waals surface area (Å²) in [7, 11) is 0. The molecule has 1 saturated carbocycles. The minimum atomic E-state index is 0.316. The lowest BCUT2D eigenvalue weighted by Crippen LogP contribution is -2.23. The van der Waals surface area contributed by atoms with E-state index >= 15 is 0 Å². The van der Waals surface area contributed by atoms with Gasteiger partial charge in [-0.15, -0.1) is 0 Å². The van der Waals surface area contributed by atoms with Gasteiger partial charge in [0.05, 0.1) is 0 Å². The molecule has 1 aliphatic rings. The summed E-state index contributed by atoms with van der Waals surface area (Å²) < 4.78 is 1.07. The zero-order chi connectivity index (χ0) is 13.7. The van der Waals surface area contributed by atoms with Crippen LogP contribution in [0.4, 0.5) is 0 Å². The van der Waals surface area contributed by atoms with Crippen LogP contribution >= 0.6 is 15.9 Å². The fourth-order valence-corrected chi connectivity index (χ4v) is 3.39. The molecule has 1 aromatic rings. The van der Waals surface area contributed by atoms with Gasteiger partial charge in [0.15, 0.2) is 0 Å². The molecule has 0 aromatic heterocycles. The number of benzene rings is 1. The maximum Gasteiger partial charge on any atom is 0.140 e. The van der Waals surface area contributed by atoms with Gasteiger partial charge < -0.3 is 0 Å². The van der Waals surface area contributed by atoms with Crippen molar-refractivity contribution >= 4 is 21.7 Å². The SMILES string of the molecule is CCCC1CCC(C(=O)Cc2ccc(Br)cc2)CC1. The number of rotatable bonds is 5. The van der Waals surface area contributed by atoms with Crippen molar-refractivity contribution in [3.05, 3.63) is 34.3 Å². The van der Waals surface area contributed by atoms with Gasteiger partial charge in [0.1, 0.15) is 5.78 Å². The molecule has 0 radical (unpaired) electrons. The smallest absolute Gasteiger partial charge is 0.140 e. The first kappa shape index (κ1) is 14.8. The lowest BCUT2D eigenvalue weighted by Gasteiger charge is -2.27. The summed E-state index contributed by atoms with van der Waals surface area (Å²) in [6.07, 6.45) is 7.96. The minimum Gasteiger partial charge on any atom is -0.299 e. The molecular weight excluding hydrogens is 300 g/mol. The Morgan fingerprint density at radius 2 is 1.79 bits per heavy atom. The number of Topliss-reactive ketones (excluding diaryl/α,β-unsaturated/α-hetero) is 1. The normalized spacial score (nSPS) is 23.3. The van der Waals surface area contributed by atoms with Crippen molar-refractivity contribution in [1.82, 2.24) is 0 Å². The quantitative estimate of drug-likeness (QED) is 0.731. The number of carbonyl (C=O) groups excluding carboxylic acids is 1. The van der Waals surface area contributed by atoms with Gasteiger partial charge in [0, 0.05) is 16.8 Å². The lowest BCUT2D eigenvalue weighted by molar-refractivity contribution is -0.123. The molecule has 0 unspecified atom stereocenters. The van der Waals surface area contributed by atoms with Gasteiger partial charge >= 0.3 is 0 Å². The third-order valence-corrected chi connectivity index (χ3v) is 4.82. The fraction of sp³-hybridized carbons (Fsp3) is 0.588. The van der Waals surface area contributed by atoms with Crippen LogP contribution in [0, 0.1) is 11.8 Å². The van der Waals surface area contributed by atoms with E-state index in [1.165, 1.54) is 25.7 Å². The third kappa shape index (κ3) is 4.45. The molecule has 0 aliphatic heterocycles. The Kier molecular flexibility index (Phi) is 5.62. The summed E-state index contributed by atoms with van der Waals surface area (Å²) in [6.45, 7) is 2.25. The molecule has 0 N–H and O–H groups in total. The molecule has 104 valence electrons. The summed E-state index contributed by atoms with van der Waals surface area (Å²) >= 11 is 3.42. The van der Waals surface area contributed by atoms with Crippen molar-refractivity contribution in [2.45, 2.75) is 51.9 Å². The standard InChI is InChI=1S/C17H23BrO/c1-2-3-13-4-8-15(9-5-13)17(19)12-14-6-10-16(18)11-7-14/h6-7,10-11,13,15H,2-5,8-9,12H2,1H3. The summed E-state index contributed by atoms with van der Waals surface area (Å²) in [4.78, 5) is 12.3. The number of halogens is 1. The van der Waals surface area contributed by atoms with Crippen molar-refractivity contribution < 1.29 is 4.79 Å². The molecule has 1 nitrogen and oxygen atoms in total. The molecular formula is C17H23BrO. The molecule has 0 atom stereocenters. The molecule has 0 spiro atoms. The minimum absolute atomic E-state index is 0.316. The highest BCUT2D eigenvalue weighted by molar-refractivity contribution is 9.10. The first-order valence-electron chi connectivity index (χ1n) is 7.46. The molecule has 1 aliphatic carbocycles. The van der Waals surface area contributed by atoms with Gasteiger partial charge in [0.25, 0.3) is 0 Å². The molecule has 1 fully saturated rings. The maximum absolute atomic E-state index is 12.3. The predicted molar refractivity (Wildman–Crippen MR) is 83.2 cm³/mol. The van der Waals surface area contributed by atoms with E-state index in [9.17, 15) is 4.79 Å². The Bertz CT molecular complexity index is 402. The zero-order valence-corrected chi connectivity index (χ0v) is 13.3. The van der Waals surface area contributed by atoms with Crippen molar-refractivity contribution in [2.75, 3.05) is 0 Å². The summed E-state index contributed by atoms with van der Waals surface area (Å²) in [5, 5.41) is 0. The van der Waals surface area contributed by atoms with Crippen LogP contribution in [0.25, 0.3) is 0 Å². The van der Waals surface area contributed by atoms with E-state index in [1.807, 2.05) is 24.3 Å². The Labute approximate surface area is 124 Å². The lowest BCUT2D eigenvalue weighted by atomic mass is 9.77. The van der Waals surface area contributed by atoms with Crippen LogP contribution in [0.3, 0.4) is 0 Å². The van der Waals surface area contributed by atoms with Crippen molar-refractivity contribution in [2.24, 2.45) is 11.8 Å².